The zero-order chi connectivity index (χ0) is 25.8. The third-order valence-electron chi connectivity index (χ3n) is 7.24. The van der Waals surface area contributed by atoms with Gasteiger partial charge >= 0.3 is 0 Å². The molecule has 0 saturated heterocycles. The largest absolute Gasteiger partial charge is 0.506 e. The van der Waals surface area contributed by atoms with Gasteiger partial charge in [0.25, 0.3) is 11.8 Å². The van der Waals surface area contributed by atoms with Crippen LogP contribution in [0.15, 0.2) is 79.0 Å². The zero-order valence-corrected chi connectivity index (χ0v) is 20.9. The topological polar surface area (TPSA) is 91.3 Å². The van der Waals surface area contributed by atoms with Crippen LogP contribution in [0.1, 0.15) is 58.9 Å². The van der Waals surface area contributed by atoms with E-state index in [2.05, 4.69) is 22.5 Å². The van der Waals surface area contributed by atoms with Crippen molar-refractivity contribution < 1.29 is 14.7 Å². The summed E-state index contributed by atoms with van der Waals surface area (Å²) in [6.45, 7) is 2.56. The van der Waals surface area contributed by atoms with Crippen molar-refractivity contribution in [3.05, 3.63) is 95.7 Å². The quantitative estimate of drug-likeness (QED) is 0.314. The third kappa shape index (κ3) is 5.64. The van der Waals surface area contributed by atoms with Crippen LogP contribution >= 0.6 is 0 Å². The number of pyridine rings is 1. The summed E-state index contributed by atoms with van der Waals surface area (Å²) >= 11 is 0. The van der Waals surface area contributed by atoms with Gasteiger partial charge in [-0.3, -0.25) is 14.6 Å². The molecule has 0 aliphatic heterocycles. The maximum atomic E-state index is 12.9. The Kier molecular flexibility index (Phi) is 7.17. The number of aromatic hydroxyl groups is 1. The highest BCUT2D eigenvalue weighted by atomic mass is 16.3. The minimum atomic E-state index is -0.193. The van der Waals surface area contributed by atoms with Crippen molar-refractivity contribution in [2.24, 2.45) is 5.92 Å². The number of phenols is 1. The molecule has 1 aliphatic carbocycles. The molecule has 1 heterocycles. The van der Waals surface area contributed by atoms with Crippen LogP contribution in [0.25, 0.3) is 22.0 Å². The predicted molar refractivity (Wildman–Crippen MR) is 145 cm³/mol. The molecule has 0 radical (unpaired) electrons. The van der Waals surface area contributed by atoms with Crippen LogP contribution in [0, 0.1) is 5.92 Å². The van der Waals surface area contributed by atoms with Gasteiger partial charge in [0.1, 0.15) is 11.3 Å². The zero-order valence-electron chi connectivity index (χ0n) is 20.9. The summed E-state index contributed by atoms with van der Waals surface area (Å²) in [5.41, 5.74) is 4.27. The summed E-state index contributed by atoms with van der Waals surface area (Å²) in [5, 5.41) is 17.4. The van der Waals surface area contributed by atoms with Gasteiger partial charge < -0.3 is 15.7 Å². The number of nitrogens with one attached hydrogen (secondary N) is 2. The van der Waals surface area contributed by atoms with Crippen LogP contribution in [0.2, 0.25) is 0 Å². The lowest BCUT2D eigenvalue weighted by molar-refractivity contribution is 0.0908. The first kappa shape index (κ1) is 24.5. The van der Waals surface area contributed by atoms with E-state index in [1.165, 1.54) is 12.8 Å². The molecule has 1 aliphatic rings. The highest BCUT2D eigenvalue weighted by Gasteiger charge is 2.23. The number of phenolic OH excluding ortho intramolecular Hbond substituents is 1. The molecule has 6 nitrogen and oxygen atoms in total. The van der Waals surface area contributed by atoms with Crippen molar-refractivity contribution in [1.82, 2.24) is 15.6 Å². The lowest BCUT2D eigenvalue weighted by atomic mass is 9.86. The van der Waals surface area contributed by atoms with E-state index in [0.717, 1.165) is 34.9 Å². The second-order valence-corrected chi connectivity index (χ2v) is 9.87. The highest BCUT2D eigenvalue weighted by Crippen LogP contribution is 2.31. The monoisotopic (exact) mass is 493 g/mol. The van der Waals surface area contributed by atoms with Gasteiger partial charge in [0.2, 0.25) is 0 Å². The Labute approximate surface area is 216 Å². The van der Waals surface area contributed by atoms with Crippen LogP contribution in [-0.2, 0) is 6.54 Å². The van der Waals surface area contributed by atoms with Crippen molar-refractivity contribution in [1.29, 1.82) is 0 Å². The number of nitrogens with zero attached hydrogens (tertiary/aromatic N) is 1. The van der Waals surface area contributed by atoms with E-state index in [1.807, 2.05) is 60.7 Å². The first-order valence-corrected chi connectivity index (χ1v) is 12.8. The Bertz CT molecular complexity index is 1430. The van der Waals surface area contributed by atoms with Crippen LogP contribution in [-0.4, -0.2) is 27.9 Å². The normalized spacial score (nSPS) is 17.3. The smallest absolute Gasteiger partial charge is 0.251 e. The van der Waals surface area contributed by atoms with Gasteiger partial charge in [0, 0.05) is 35.3 Å². The van der Waals surface area contributed by atoms with Gasteiger partial charge in [-0.1, -0.05) is 50.1 Å². The average Bonchev–Trinajstić information content (AvgIpc) is 2.93. The summed E-state index contributed by atoms with van der Waals surface area (Å²) in [6.07, 6.45) is 6.25. The van der Waals surface area contributed by atoms with Crippen molar-refractivity contribution in [3.8, 4) is 16.9 Å². The molecule has 2 atom stereocenters. The van der Waals surface area contributed by atoms with E-state index in [-0.39, 0.29) is 23.6 Å². The molecule has 0 spiro atoms. The molecule has 1 aromatic heterocycles. The predicted octanol–water partition coefficient (Wildman–Crippen LogP) is 5.85. The molecule has 6 heteroatoms. The van der Waals surface area contributed by atoms with Crippen molar-refractivity contribution in [2.45, 2.75) is 45.2 Å². The van der Waals surface area contributed by atoms with Crippen LogP contribution in [0.5, 0.6) is 5.75 Å². The van der Waals surface area contributed by atoms with E-state index in [1.54, 1.807) is 18.3 Å². The molecular formula is C31H31N3O3. The Morgan fingerprint density at radius 2 is 1.70 bits per heavy atom. The molecule has 3 aromatic carbocycles. The first-order valence-electron chi connectivity index (χ1n) is 12.8. The Morgan fingerprint density at radius 1 is 0.892 bits per heavy atom. The minimum Gasteiger partial charge on any atom is -0.506 e. The van der Waals surface area contributed by atoms with Crippen LogP contribution < -0.4 is 10.6 Å². The summed E-state index contributed by atoms with van der Waals surface area (Å²) < 4.78 is 0. The second-order valence-electron chi connectivity index (χ2n) is 9.87. The van der Waals surface area contributed by atoms with E-state index >= 15 is 0 Å². The van der Waals surface area contributed by atoms with E-state index in [0.29, 0.717) is 29.1 Å². The molecular weight excluding hydrogens is 462 g/mol. The Balaban J connectivity index is 1.22. The molecule has 188 valence electrons. The lowest BCUT2D eigenvalue weighted by Crippen LogP contribution is -2.41. The molecule has 3 N–H and O–H groups in total. The lowest BCUT2D eigenvalue weighted by Gasteiger charge is -2.29. The molecule has 2 unspecified atom stereocenters. The van der Waals surface area contributed by atoms with Crippen LogP contribution in [0.3, 0.4) is 0 Å². The number of fused-ring (bicyclic) bond motifs is 1. The van der Waals surface area contributed by atoms with Gasteiger partial charge in [-0.2, -0.15) is 0 Å². The van der Waals surface area contributed by atoms with E-state index in [4.69, 9.17) is 0 Å². The molecule has 37 heavy (non-hydrogen) atoms. The molecule has 4 aromatic rings. The highest BCUT2D eigenvalue weighted by molar-refractivity contribution is 5.96. The first-order chi connectivity index (χ1) is 18.0. The summed E-state index contributed by atoms with van der Waals surface area (Å²) in [4.78, 5) is 29.8. The number of rotatable bonds is 6. The SMILES string of the molecule is CC1CCCCC1NC(=O)c1ccc(CNC(=O)c2cccc(-c3cc(O)c4ncccc4c3)c2)cc1. The number of hydrogen-bond donors (Lipinski definition) is 3. The van der Waals surface area contributed by atoms with Gasteiger partial charge in [0.05, 0.1) is 0 Å². The number of carbonyl (C=O) groups is 2. The number of hydrogen-bond acceptors (Lipinski definition) is 4. The summed E-state index contributed by atoms with van der Waals surface area (Å²) in [6, 6.07) is 22.3. The fourth-order valence-corrected chi connectivity index (χ4v) is 5.02. The second kappa shape index (κ2) is 10.8. The summed E-state index contributed by atoms with van der Waals surface area (Å²) in [7, 11) is 0. The number of amides is 2. The van der Waals surface area contributed by atoms with Crippen molar-refractivity contribution in [3.63, 3.8) is 0 Å². The van der Waals surface area contributed by atoms with Crippen LogP contribution in [0.4, 0.5) is 0 Å². The minimum absolute atomic E-state index is 0.0401. The standard InChI is InChI=1S/C31H31N3O3/c1-20-6-2-3-10-27(20)34-31(37)22-13-11-21(12-14-22)19-33-30(36)25-8-4-7-23(16-25)26-17-24-9-5-15-32-29(24)28(35)18-26/h4-5,7-9,11-18,20,27,35H,2-3,6,10,19H2,1H3,(H,33,36)(H,34,37). The maximum Gasteiger partial charge on any atom is 0.251 e. The summed E-state index contributed by atoms with van der Waals surface area (Å²) in [5.74, 6) is 0.381. The van der Waals surface area contributed by atoms with Gasteiger partial charge in [0.15, 0.2) is 0 Å². The van der Waals surface area contributed by atoms with Gasteiger partial charge in [-0.25, -0.2) is 0 Å². The number of benzene rings is 3. The molecule has 2 amide bonds. The fourth-order valence-electron chi connectivity index (χ4n) is 5.02. The van der Waals surface area contributed by atoms with Gasteiger partial charge in [-0.15, -0.1) is 0 Å². The molecule has 1 saturated carbocycles. The Hall–Kier alpha value is -4.19. The number of carbonyl (C=O) groups excluding carboxylic acids is 2. The van der Waals surface area contributed by atoms with Gasteiger partial charge in [-0.05, 0) is 77.9 Å². The molecule has 1 fully saturated rings. The Morgan fingerprint density at radius 3 is 2.51 bits per heavy atom. The maximum absolute atomic E-state index is 12.9. The third-order valence-corrected chi connectivity index (χ3v) is 7.24. The van der Waals surface area contributed by atoms with E-state index in [9.17, 15) is 14.7 Å². The van der Waals surface area contributed by atoms with E-state index < -0.39 is 0 Å². The average molecular weight is 494 g/mol. The fraction of sp³-hybridized carbons (Fsp3) is 0.258. The van der Waals surface area contributed by atoms with Crippen molar-refractivity contribution in [2.75, 3.05) is 0 Å². The molecule has 0 bridgehead atoms. The number of aromatic nitrogens is 1. The van der Waals surface area contributed by atoms with Crippen molar-refractivity contribution >= 4 is 22.7 Å². The molecule has 5 rings (SSSR count).